The lowest BCUT2D eigenvalue weighted by atomic mass is 10.1. The predicted molar refractivity (Wildman–Crippen MR) is 43.0 cm³/mol. The number of hydrogen-bond acceptors (Lipinski definition) is 3. The highest BCUT2D eigenvalue weighted by Crippen LogP contribution is 2.18. The molecular weight excluding hydrogens is 140 g/mol. The van der Waals surface area contributed by atoms with Crippen LogP contribution < -0.4 is 11.1 Å². The molecule has 0 fully saturated rings. The first-order chi connectivity index (χ1) is 5.29. The number of aryl methyl sites for hydroxylation is 1. The van der Waals surface area contributed by atoms with E-state index >= 15 is 0 Å². The molecule has 0 bridgehead atoms. The lowest BCUT2D eigenvalue weighted by Gasteiger charge is -2.10. The second kappa shape index (κ2) is 2.23. The monoisotopic (exact) mass is 152 g/mol. The first-order valence-electron chi connectivity index (χ1n) is 3.80. The summed E-state index contributed by atoms with van der Waals surface area (Å²) in [4.78, 5) is 0. The first-order valence-corrected chi connectivity index (χ1v) is 3.80. The summed E-state index contributed by atoms with van der Waals surface area (Å²) in [6.07, 6.45) is 1.01. The molecule has 0 saturated heterocycles. The van der Waals surface area contributed by atoms with Crippen molar-refractivity contribution < 1.29 is 0 Å². The van der Waals surface area contributed by atoms with Crippen LogP contribution in [0.2, 0.25) is 0 Å². The Hall–Kier alpha value is -1.03. The third-order valence-corrected chi connectivity index (χ3v) is 2.12. The summed E-state index contributed by atoms with van der Waals surface area (Å²) in [6.45, 7) is 1.88. The van der Waals surface area contributed by atoms with Crippen molar-refractivity contribution in [2.75, 3.05) is 12.3 Å². The maximum Gasteiger partial charge on any atom is 0.124 e. The van der Waals surface area contributed by atoms with Gasteiger partial charge in [-0.1, -0.05) is 0 Å². The molecule has 0 aliphatic carbocycles. The van der Waals surface area contributed by atoms with Gasteiger partial charge in [0.1, 0.15) is 5.82 Å². The molecule has 4 nitrogen and oxygen atoms in total. The van der Waals surface area contributed by atoms with E-state index in [2.05, 4.69) is 10.4 Å². The average Bonchev–Trinajstić information content (AvgIpc) is 2.30. The molecule has 0 atom stereocenters. The number of nitrogen functional groups attached to an aromatic ring is 1. The number of nitrogens with zero attached hydrogens (tertiary/aromatic N) is 2. The van der Waals surface area contributed by atoms with Gasteiger partial charge in [-0.2, -0.15) is 5.10 Å². The van der Waals surface area contributed by atoms with E-state index in [1.165, 1.54) is 5.56 Å². The van der Waals surface area contributed by atoms with Crippen molar-refractivity contribution in [3.63, 3.8) is 0 Å². The van der Waals surface area contributed by atoms with E-state index in [0.717, 1.165) is 31.0 Å². The SMILES string of the molecule is Cn1nc2c(c1N)CCNC2. The second-order valence-electron chi connectivity index (χ2n) is 2.86. The van der Waals surface area contributed by atoms with E-state index in [9.17, 15) is 0 Å². The molecule has 0 unspecified atom stereocenters. The highest BCUT2D eigenvalue weighted by molar-refractivity contribution is 5.44. The van der Waals surface area contributed by atoms with Crippen molar-refractivity contribution in [2.45, 2.75) is 13.0 Å². The summed E-state index contributed by atoms with van der Waals surface area (Å²) < 4.78 is 1.75. The molecule has 4 heteroatoms. The van der Waals surface area contributed by atoms with Crippen LogP contribution in [0.15, 0.2) is 0 Å². The van der Waals surface area contributed by atoms with Crippen LogP contribution in [-0.2, 0) is 20.0 Å². The van der Waals surface area contributed by atoms with E-state index in [1.807, 2.05) is 7.05 Å². The smallest absolute Gasteiger partial charge is 0.124 e. The number of fused-ring (bicyclic) bond motifs is 1. The van der Waals surface area contributed by atoms with Crippen LogP contribution >= 0.6 is 0 Å². The van der Waals surface area contributed by atoms with E-state index in [1.54, 1.807) is 4.68 Å². The molecule has 1 aliphatic rings. The van der Waals surface area contributed by atoms with Crippen molar-refractivity contribution in [2.24, 2.45) is 7.05 Å². The van der Waals surface area contributed by atoms with Gasteiger partial charge in [-0.3, -0.25) is 4.68 Å². The minimum Gasteiger partial charge on any atom is -0.384 e. The van der Waals surface area contributed by atoms with Crippen molar-refractivity contribution >= 4 is 5.82 Å². The normalized spacial score (nSPS) is 16.5. The molecule has 2 rings (SSSR count). The van der Waals surface area contributed by atoms with Gasteiger partial charge < -0.3 is 11.1 Å². The van der Waals surface area contributed by atoms with Gasteiger partial charge >= 0.3 is 0 Å². The fourth-order valence-corrected chi connectivity index (χ4v) is 1.47. The Morgan fingerprint density at radius 1 is 1.64 bits per heavy atom. The third-order valence-electron chi connectivity index (χ3n) is 2.12. The summed E-state index contributed by atoms with van der Waals surface area (Å²) in [5, 5.41) is 7.53. The van der Waals surface area contributed by atoms with E-state index in [4.69, 9.17) is 5.73 Å². The maximum atomic E-state index is 5.80. The van der Waals surface area contributed by atoms with E-state index in [-0.39, 0.29) is 0 Å². The molecule has 0 saturated carbocycles. The molecule has 1 aromatic rings. The van der Waals surface area contributed by atoms with Crippen LogP contribution in [0, 0.1) is 0 Å². The Morgan fingerprint density at radius 2 is 2.45 bits per heavy atom. The molecule has 0 spiro atoms. The summed E-state index contributed by atoms with van der Waals surface area (Å²) in [5.74, 6) is 0.821. The molecule has 0 amide bonds. The van der Waals surface area contributed by atoms with Crippen molar-refractivity contribution in [1.29, 1.82) is 0 Å². The number of nitrogens with one attached hydrogen (secondary N) is 1. The van der Waals surface area contributed by atoms with Crippen molar-refractivity contribution in [3.05, 3.63) is 11.3 Å². The quantitative estimate of drug-likeness (QED) is 0.534. The molecule has 60 valence electrons. The summed E-state index contributed by atoms with van der Waals surface area (Å²) in [5.41, 5.74) is 8.13. The lowest BCUT2D eigenvalue weighted by molar-refractivity contribution is 0.625. The topological polar surface area (TPSA) is 55.9 Å². The van der Waals surface area contributed by atoms with Crippen LogP contribution in [0.3, 0.4) is 0 Å². The molecule has 1 aliphatic heterocycles. The Balaban J connectivity index is 2.50. The Morgan fingerprint density at radius 3 is 3.18 bits per heavy atom. The van der Waals surface area contributed by atoms with Gasteiger partial charge in [0.2, 0.25) is 0 Å². The Labute approximate surface area is 65.4 Å². The fourth-order valence-electron chi connectivity index (χ4n) is 1.47. The largest absolute Gasteiger partial charge is 0.384 e. The van der Waals surface area contributed by atoms with Crippen LogP contribution in [0.25, 0.3) is 0 Å². The number of rotatable bonds is 0. The maximum absolute atomic E-state index is 5.80. The number of anilines is 1. The molecule has 3 N–H and O–H groups in total. The van der Waals surface area contributed by atoms with E-state index < -0.39 is 0 Å². The Bertz CT molecular complexity index is 276. The first kappa shape index (κ1) is 6.67. The number of nitrogens with two attached hydrogens (primary N) is 1. The van der Waals surface area contributed by atoms with Crippen LogP contribution in [0.1, 0.15) is 11.3 Å². The standard InChI is InChI=1S/C7H12N4/c1-11-7(8)5-2-3-9-4-6(5)10-11/h9H,2-4,8H2,1H3. The van der Waals surface area contributed by atoms with Gasteiger partial charge in [0.05, 0.1) is 5.69 Å². The van der Waals surface area contributed by atoms with Gasteiger partial charge in [0.15, 0.2) is 0 Å². The van der Waals surface area contributed by atoms with Gasteiger partial charge in [-0.05, 0) is 13.0 Å². The molecule has 1 aromatic heterocycles. The molecular formula is C7H12N4. The van der Waals surface area contributed by atoms with Gasteiger partial charge in [-0.25, -0.2) is 0 Å². The lowest BCUT2D eigenvalue weighted by Crippen LogP contribution is -2.23. The minimum absolute atomic E-state index is 0.821. The summed E-state index contributed by atoms with van der Waals surface area (Å²) >= 11 is 0. The number of hydrogen-bond donors (Lipinski definition) is 2. The van der Waals surface area contributed by atoms with Gasteiger partial charge in [0.25, 0.3) is 0 Å². The molecule has 0 radical (unpaired) electrons. The van der Waals surface area contributed by atoms with Crippen molar-refractivity contribution in [1.82, 2.24) is 15.1 Å². The highest BCUT2D eigenvalue weighted by Gasteiger charge is 2.15. The highest BCUT2D eigenvalue weighted by atomic mass is 15.3. The van der Waals surface area contributed by atoms with Gasteiger partial charge in [-0.15, -0.1) is 0 Å². The fraction of sp³-hybridized carbons (Fsp3) is 0.571. The molecule has 11 heavy (non-hydrogen) atoms. The zero-order valence-corrected chi connectivity index (χ0v) is 6.59. The zero-order valence-electron chi connectivity index (χ0n) is 6.59. The number of aromatic nitrogens is 2. The van der Waals surface area contributed by atoms with Crippen LogP contribution in [0.5, 0.6) is 0 Å². The summed E-state index contributed by atoms with van der Waals surface area (Å²) in [6, 6.07) is 0. The summed E-state index contributed by atoms with van der Waals surface area (Å²) in [7, 11) is 1.88. The molecule has 2 heterocycles. The minimum atomic E-state index is 0.821. The van der Waals surface area contributed by atoms with Gasteiger partial charge in [0, 0.05) is 19.2 Å². The Kier molecular flexibility index (Phi) is 1.35. The predicted octanol–water partition coefficient (Wildman–Crippen LogP) is -0.352. The third kappa shape index (κ3) is 0.903. The van der Waals surface area contributed by atoms with E-state index in [0.29, 0.717) is 0 Å². The average molecular weight is 152 g/mol. The second-order valence-corrected chi connectivity index (χ2v) is 2.86. The zero-order chi connectivity index (χ0) is 7.84. The molecule has 0 aromatic carbocycles. The van der Waals surface area contributed by atoms with Crippen LogP contribution in [-0.4, -0.2) is 16.3 Å². The van der Waals surface area contributed by atoms with Crippen molar-refractivity contribution in [3.8, 4) is 0 Å². The van der Waals surface area contributed by atoms with Crippen LogP contribution in [0.4, 0.5) is 5.82 Å².